The van der Waals surface area contributed by atoms with E-state index in [4.69, 9.17) is 0 Å². The zero-order valence-electron chi connectivity index (χ0n) is 13.6. The zero-order valence-corrected chi connectivity index (χ0v) is 15.2. The summed E-state index contributed by atoms with van der Waals surface area (Å²) in [5.74, 6) is -6.77. The van der Waals surface area contributed by atoms with Crippen LogP contribution in [0.1, 0.15) is 38.5 Å². The molecule has 1 unspecified atom stereocenters. The van der Waals surface area contributed by atoms with E-state index in [0.717, 1.165) is 0 Å². The van der Waals surface area contributed by atoms with Crippen LogP contribution in [-0.2, 0) is 39.4 Å². The maximum atomic E-state index is 11.9. The number of unbranched alkanes of at least 4 members (excludes halogenated alkanes) is 1. The normalized spacial score (nSPS) is 17.2. The number of hydrogen-bond acceptors (Lipinski definition) is 10. The molecular formula is C12H15NO12S2-2. The van der Waals surface area contributed by atoms with Crippen LogP contribution in [0.5, 0.6) is 0 Å². The van der Waals surface area contributed by atoms with E-state index in [2.05, 4.69) is 0 Å². The smallest absolute Gasteiger partial charge is 0.295 e. The van der Waals surface area contributed by atoms with Crippen molar-refractivity contribution in [2.24, 2.45) is 0 Å². The van der Waals surface area contributed by atoms with E-state index in [1.165, 1.54) is 0 Å². The molecule has 0 aromatic heterocycles. The van der Waals surface area contributed by atoms with Crippen molar-refractivity contribution in [2.45, 2.75) is 48.6 Å². The number of carbonyl (C=O) groups excluding carboxylic acids is 4. The minimum Gasteiger partial charge on any atom is -0.550 e. The first-order valence-electron chi connectivity index (χ1n) is 7.38. The van der Waals surface area contributed by atoms with Gasteiger partial charge >= 0.3 is 0 Å². The van der Waals surface area contributed by atoms with Gasteiger partial charge in [0.25, 0.3) is 24.3 Å². The number of imide groups is 1. The van der Waals surface area contributed by atoms with E-state index < -0.39 is 86.2 Å². The summed E-state index contributed by atoms with van der Waals surface area (Å²) in [5, 5.41) is 21.9. The Bertz CT molecular complexity index is 811. The fourth-order valence-corrected chi connectivity index (χ4v) is 5.48. The van der Waals surface area contributed by atoms with Gasteiger partial charge in [-0.25, -0.2) is 0 Å². The number of carboxylic acids is 2. The Kier molecular flexibility index (Phi) is 6.69. The van der Waals surface area contributed by atoms with E-state index in [0.29, 0.717) is 0 Å². The van der Waals surface area contributed by atoms with Crippen molar-refractivity contribution in [3.05, 3.63) is 0 Å². The van der Waals surface area contributed by atoms with Crippen LogP contribution in [0.2, 0.25) is 0 Å². The molecule has 0 radical (unpaired) electrons. The second kappa shape index (κ2) is 7.87. The standard InChI is InChI=1S/C12H17NO12S2/c14-8-5-6-9(15)13(8)7(3-1-2-4-10(16)17)12(11(18)19,26(20,21)22)27(23,24)25/h7H,1-6H2,(H,16,17)(H,18,19)(H,20,21,22)(H,23,24,25)/p-2. The number of carboxylic acid groups (broad SMARTS) is 2. The summed E-state index contributed by atoms with van der Waals surface area (Å²) in [4.78, 5) is 45.8. The van der Waals surface area contributed by atoms with Crippen LogP contribution in [0, 0.1) is 0 Å². The molecule has 1 heterocycles. The summed E-state index contributed by atoms with van der Waals surface area (Å²) in [6.07, 6.45) is -3.10. The van der Waals surface area contributed by atoms with Gasteiger partial charge in [-0.15, -0.1) is 0 Å². The maximum absolute atomic E-state index is 11.9. The van der Waals surface area contributed by atoms with Crippen LogP contribution in [-0.4, -0.2) is 64.7 Å². The lowest BCUT2D eigenvalue weighted by Gasteiger charge is -2.39. The number of carbonyl (C=O) groups is 4. The Labute approximate surface area is 153 Å². The lowest BCUT2D eigenvalue weighted by molar-refractivity contribution is -0.308. The minimum atomic E-state index is -6.20. The first-order chi connectivity index (χ1) is 12.2. The fourth-order valence-electron chi connectivity index (χ4n) is 2.86. The fraction of sp³-hybridized carbons (Fsp3) is 0.667. The van der Waals surface area contributed by atoms with Gasteiger partial charge in [-0.05, 0) is 19.3 Å². The second-order valence-corrected chi connectivity index (χ2v) is 9.14. The molecule has 0 aromatic rings. The van der Waals surface area contributed by atoms with Crippen LogP contribution in [0.4, 0.5) is 0 Å². The van der Waals surface area contributed by atoms with Crippen molar-refractivity contribution in [2.75, 3.05) is 0 Å². The SMILES string of the molecule is O=C([O-])CCCCC(N1C(=O)CCC1=O)C(C(=O)[O-])(S(=O)(=O)O)S(=O)(=O)O. The summed E-state index contributed by atoms with van der Waals surface area (Å²) in [6, 6.07) is -2.59. The molecule has 1 rings (SSSR count). The summed E-state index contributed by atoms with van der Waals surface area (Å²) in [5.41, 5.74) is 0. The van der Waals surface area contributed by atoms with Crippen molar-refractivity contribution in [3.63, 3.8) is 0 Å². The lowest BCUT2D eigenvalue weighted by Crippen LogP contribution is -2.70. The number of aliphatic carboxylic acids is 2. The molecule has 0 spiro atoms. The molecule has 1 fully saturated rings. The van der Waals surface area contributed by atoms with Gasteiger partial charge in [-0.2, -0.15) is 16.8 Å². The van der Waals surface area contributed by atoms with Crippen molar-refractivity contribution < 1.29 is 55.3 Å². The molecule has 1 aliphatic heterocycles. The highest BCUT2D eigenvalue weighted by Gasteiger charge is 2.65. The number of nitrogens with zero attached hydrogens (tertiary/aromatic N) is 1. The number of amides is 2. The molecule has 154 valence electrons. The summed E-state index contributed by atoms with van der Waals surface area (Å²) >= 11 is 0. The first kappa shape index (κ1) is 22.9. The summed E-state index contributed by atoms with van der Waals surface area (Å²) in [7, 11) is -12.4. The minimum absolute atomic E-state index is 0.0242. The van der Waals surface area contributed by atoms with Crippen molar-refractivity contribution >= 4 is 44.0 Å². The molecule has 0 aliphatic carbocycles. The molecule has 0 saturated carbocycles. The van der Waals surface area contributed by atoms with Gasteiger partial charge in [-0.1, -0.05) is 6.42 Å². The summed E-state index contributed by atoms with van der Waals surface area (Å²) < 4.78 is 61.2. The van der Waals surface area contributed by atoms with Gasteiger partial charge in [0.15, 0.2) is 0 Å². The predicted octanol–water partition coefficient (Wildman–Crippen LogP) is -3.96. The Morgan fingerprint density at radius 1 is 1.00 bits per heavy atom. The van der Waals surface area contributed by atoms with Crippen molar-refractivity contribution in [1.29, 1.82) is 0 Å². The monoisotopic (exact) mass is 429 g/mol. The third kappa shape index (κ3) is 4.26. The summed E-state index contributed by atoms with van der Waals surface area (Å²) in [6.45, 7) is 0. The Hall–Kier alpha value is -2.10. The van der Waals surface area contributed by atoms with Crippen LogP contribution in [0.15, 0.2) is 0 Å². The Morgan fingerprint density at radius 2 is 1.44 bits per heavy atom. The third-order valence-electron chi connectivity index (χ3n) is 4.00. The molecule has 13 nitrogen and oxygen atoms in total. The highest BCUT2D eigenvalue weighted by molar-refractivity contribution is 8.06. The third-order valence-corrected chi connectivity index (χ3v) is 7.67. The molecule has 27 heavy (non-hydrogen) atoms. The van der Waals surface area contributed by atoms with Crippen LogP contribution < -0.4 is 10.2 Å². The van der Waals surface area contributed by atoms with Gasteiger partial charge in [0.05, 0.1) is 12.0 Å². The van der Waals surface area contributed by atoms with Crippen LogP contribution >= 0.6 is 0 Å². The highest BCUT2D eigenvalue weighted by atomic mass is 32.3. The second-order valence-electron chi connectivity index (χ2n) is 5.70. The predicted molar refractivity (Wildman–Crippen MR) is 79.2 cm³/mol. The number of hydrogen-bond donors (Lipinski definition) is 2. The molecule has 1 aliphatic rings. The average molecular weight is 429 g/mol. The lowest BCUT2D eigenvalue weighted by atomic mass is 10.0. The van der Waals surface area contributed by atoms with E-state index >= 15 is 0 Å². The van der Waals surface area contributed by atoms with E-state index in [9.17, 15) is 55.3 Å². The molecule has 1 saturated heterocycles. The van der Waals surface area contributed by atoms with E-state index in [1.807, 2.05) is 0 Å². The van der Waals surface area contributed by atoms with Gasteiger partial charge in [-0.3, -0.25) is 23.6 Å². The van der Waals surface area contributed by atoms with Gasteiger partial charge in [0, 0.05) is 18.8 Å². The average Bonchev–Trinajstić information content (AvgIpc) is 2.77. The highest BCUT2D eigenvalue weighted by Crippen LogP contribution is 2.36. The molecule has 0 bridgehead atoms. The molecule has 15 heteroatoms. The number of rotatable bonds is 10. The Morgan fingerprint density at radius 3 is 1.78 bits per heavy atom. The van der Waals surface area contributed by atoms with Crippen LogP contribution in [0.25, 0.3) is 0 Å². The molecule has 0 aromatic carbocycles. The van der Waals surface area contributed by atoms with E-state index in [-0.39, 0.29) is 11.3 Å². The topological polar surface area (TPSA) is 226 Å². The molecule has 2 amide bonds. The molecular weight excluding hydrogens is 414 g/mol. The first-order valence-corrected chi connectivity index (χ1v) is 10.3. The maximum Gasteiger partial charge on any atom is 0.295 e. The quantitative estimate of drug-likeness (QED) is 0.192. The molecule has 2 N–H and O–H groups in total. The van der Waals surface area contributed by atoms with Gasteiger partial charge in [0.1, 0.15) is 0 Å². The molecule has 1 atom stereocenters. The van der Waals surface area contributed by atoms with Crippen LogP contribution in [0.3, 0.4) is 0 Å². The Balaban J connectivity index is 3.60. The van der Waals surface area contributed by atoms with Gasteiger partial charge < -0.3 is 19.8 Å². The van der Waals surface area contributed by atoms with E-state index in [1.54, 1.807) is 0 Å². The largest absolute Gasteiger partial charge is 0.550 e. The van der Waals surface area contributed by atoms with Crippen molar-refractivity contribution in [1.82, 2.24) is 4.90 Å². The number of likely N-dealkylation sites (tertiary alicyclic amines) is 1. The van der Waals surface area contributed by atoms with Gasteiger partial charge in [0.2, 0.25) is 11.8 Å². The van der Waals surface area contributed by atoms with Crippen molar-refractivity contribution in [3.8, 4) is 0 Å². The zero-order chi connectivity index (χ0) is 21.2.